The van der Waals surface area contributed by atoms with Crippen LogP contribution in [-0.4, -0.2) is 12.1 Å². The number of nitrogens with one attached hydrogen (secondary N) is 1. The van der Waals surface area contributed by atoms with Crippen LogP contribution in [0.1, 0.15) is 38.2 Å². The zero-order valence-corrected chi connectivity index (χ0v) is 13.2. The van der Waals surface area contributed by atoms with Crippen LogP contribution in [0.3, 0.4) is 0 Å². The van der Waals surface area contributed by atoms with E-state index in [2.05, 4.69) is 33.4 Å². The highest BCUT2D eigenvalue weighted by atomic mass is 79.9. The topological polar surface area (TPSA) is 41.5 Å². The first-order valence-electron chi connectivity index (χ1n) is 7.20. The van der Waals surface area contributed by atoms with Crippen molar-refractivity contribution < 1.29 is 4.79 Å². The van der Waals surface area contributed by atoms with E-state index in [1.165, 1.54) is 25.7 Å². The summed E-state index contributed by atoms with van der Waals surface area (Å²) >= 11 is 3.42. The first kappa shape index (κ1) is 13.8. The Morgan fingerprint density at radius 3 is 3.05 bits per heavy atom. The highest BCUT2D eigenvalue weighted by Crippen LogP contribution is 2.66. The Bertz CT molecular complexity index is 557. The van der Waals surface area contributed by atoms with Gasteiger partial charge in [-0.05, 0) is 41.9 Å². The van der Waals surface area contributed by atoms with Gasteiger partial charge in [0.2, 0.25) is 5.91 Å². The number of hydrogen-bond donors (Lipinski definition) is 1. The summed E-state index contributed by atoms with van der Waals surface area (Å²) in [6.45, 7) is 2.25. The maximum atomic E-state index is 12.2. The lowest BCUT2D eigenvalue weighted by atomic mass is 9.90. The molecule has 0 bridgehead atoms. The SMILES string of the molecule is CC12CCCCC1C2C(=O)NN=Cc1cccc(Br)c1. The maximum absolute atomic E-state index is 12.2. The lowest BCUT2D eigenvalue weighted by molar-refractivity contribution is -0.123. The highest BCUT2D eigenvalue weighted by molar-refractivity contribution is 9.10. The molecule has 1 N–H and O–H groups in total. The molecule has 0 heterocycles. The molecule has 3 unspecified atom stereocenters. The number of carbonyl (C=O) groups is 1. The fraction of sp³-hybridized carbons (Fsp3) is 0.500. The molecule has 3 rings (SSSR count). The Labute approximate surface area is 128 Å². The number of benzene rings is 1. The van der Waals surface area contributed by atoms with Gasteiger partial charge in [0.25, 0.3) is 0 Å². The Hall–Kier alpha value is -1.16. The normalized spacial score (nSPS) is 31.9. The predicted molar refractivity (Wildman–Crippen MR) is 83.4 cm³/mol. The van der Waals surface area contributed by atoms with Gasteiger partial charge in [0.1, 0.15) is 0 Å². The number of fused-ring (bicyclic) bond motifs is 1. The highest BCUT2D eigenvalue weighted by Gasteiger charge is 2.64. The fourth-order valence-corrected chi connectivity index (χ4v) is 4.09. The molecule has 0 saturated heterocycles. The molecular formula is C16H19BrN2O. The largest absolute Gasteiger partial charge is 0.273 e. The Kier molecular flexibility index (Phi) is 3.67. The summed E-state index contributed by atoms with van der Waals surface area (Å²) < 4.78 is 1.01. The van der Waals surface area contributed by atoms with Crippen LogP contribution in [0, 0.1) is 17.3 Å². The molecule has 20 heavy (non-hydrogen) atoms. The molecule has 0 spiro atoms. The zero-order chi connectivity index (χ0) is 14.2. The summed E-state index contributed by atoms with van der Waals surface area (Å²) in [7, 11) is 0. The summed E-state index contributed by atoms with van der Waals surface area (Å²) in [5.74, 6) is 0.840. The number of halogens is 1. The predicted octanol–water partition coefficient (Wildman–Crippen LogP) is 3.73. The molecule has 2 fully saturated rings. The molecule has 1 aromatic rings. The van der Waals surface area contributed by atoms with Crippen molar-refractivity contribution in [2.24, 2.45) is 22.4 Å². The average Bonchev–Trinajstić information content (AvgIpc) is 3.04. The van der Waals surface area contributed by atoms with Gasteiger partial charge < -0.3 is 0 Å². The minimum absolute atomic E-state index is 0.0886. The van der Waals surface area contributed by atoms with E-state index in [9.17, 15) is 4.79 Å². The van der Waals surface area contributed by atoms with Gasteiger partial charge in [0.15, 0.2) is 0 Å². The molecule has 3 nitrogen and oxygen atoms in total. The molecule has 2 aliphatic rings. The smallest absolute Gasteiger partial charge is 0.244 e. The van der Waals surface area contributed by atoms with E-state index in [1.807, 2.05) is 24.3 Å². The van der Waals surface area contributed by atoms with Crippen molar-refractivity contribution in [1.29, 1.82) is 0 Å². The third-order valence-corrected chi connectivity index (χ3v) is 5.34. The lowest BCUT2D eigenvalue weighted by Crippen LogP contribution is -2.22. The Morgan fingerprint density at radius 2 is 2.35 bits per heavy atom. The molecule has 1 amide bonds. The first-order chi connectivity index (χ1) is 9.61. The van der Waals surface area contributed by atoms with Crippen molar-refractivity contribution >= 4 is 28.1 Å². The number of hydrogen-bond acceptors (Lipinski definition) is 2. The molecule has 3 atom stereocenters. The third-order valence-electron chi connectivity index (χ3n) is 4.85. The molecule has 1 aromatic carbocycles. The summed E-state index contributed by atoms with van der Waals surface area (Å²) in [5, 5.41) is 4.09. The zero-order valence-electron chi connectivity index (χ0n) is 11.6. The van der Waals surface area contributed by atoms with Crippen LogP contribution in [0.25, 0.3) is 0 Å². The lowest BCUT2D eigenvalue weighted by Gasteiger charge is -2.15. The minimum atomic E-state index is 0.0886. The van der Waals surface area contributed by atoms with Crippen molar-refractivity contribution in [2.75, 3.05) is 0 Å². The minimum Gasteiger partial charge on any atom is -0.273 e. The van der Waals surface area contributed by atoms with Crippen molar-refractivity contribution in [3.63, 3.8) is 0 Å². The van der Waals surface area contributed by atoms with Crippen LogP contribution in [0.5, 0.6) is 0 Å². The van der Waals surface area contributed by atoms with Gasteiger partial charge in [-0.15, -0.1) is 0 Å². The summed E-state index contributed by atoms with van der Waals surface area (Å²) in [5.41, 5.74) is 3.92. The molecule has 106 valence electrons. The van der Waals surface area contributed by atoms with Crippen molar-refractivity contribution in [3.05, 3.63) is 34.3 Å². The van der Waals surface area contributed by atoms with E-state index in [4.69, 9.17) is 0 Å². The molecule has 0 radical (unpaired) electrons. The van der Waals surface area contributed by atoms with Crippen molar-refractivity contribution in [1.82, 2.24) is 5.43 Å². The van der Waals surface area contributed by atoms with Crippen LogP contribution < -0.4 is 5.43 Å². The van der Waals surface area contributed by atoms with E-state index in [0.29, 0.717) is 5.92 Å². The molecule has 0 aromatic heterocycles. The van der Waals surface area contributed by atoms with Gasteiger partial charge in [-0.25, -0.2) is 5.43 Å². The van der Waals surface area contributed by atoms with Crippen LogP contribution in [0.15, 0.2) is 33.8 Å². The van der Waals surface area contributed by atoms with Gasteiger partial charge in [-0.3, -0.25) is 4.79 Å². The van der Waals surface area contributed by atoms with Gasteiger partial charge in [-0.1, -0.05) is 47.8 Å². The third kappa shape index (κ3) is 2.53. The number of carbonyl (C=O) groups excluding carboxylic acids is 1. The first-order valence-corrected chi connectivity index (χ1v) is 7.99. The van der Waals surface area contributed by atoms with E-state index in [1.54, 1.807) is 6.21 Å². The number of rotatable bonds is 3. The van der Waals surface area contributed by atoms with Crippen molar-refractivity contribution in [2.45, 2.75) is 32.6 Å². The van der Waals surface area contributed by atoms with Crippen LogP contribution in [0.2, 0.25) is 0 Å². The van der Waals surface area contributed by atoms with E-state index < -0.39 is 0 Å². The van der Waals surface area contributed by atoms with Gasteiger partial charge >= 0.3 is 0 Å². The Balaban J connectivity index is 1.58. The van der Waals surface area contributed by atoms with Crippen molar-refractivity contribution in [3.8, 4) is 0 Å². The molecule has 4 heteroatoms. The van der Waals surface area contributed by atoms with Crippen LogP contribution in [0.4, 0.5) is 0 Å². The molecule has 2 saturated carbocycles. The summed E-state index contributed by atoms with van der Waals surface area (Å²) in [6, 6.07) is 7.84. The summed E-state index contributed by atoms with van der Waals surface area (Å²) in [4.78, 5) is 12.2. The Morgan fingerprint density at radius 1 is 1.50 bits per heavy atom. The second-order valence-corrected chi connectivity index (χ2v) is 7.04. The summed E-state index contributed by atoms with van der Waals surface area (Å²) in [6.07, 6.45) is 6.61. The van der Waals surface area contributed by atoms with Gasteiger partial charge in [-0.2, -0.15) is 5.10 Å². The van der Waals surface area contributed by atoms with E-state index in [0.717, 1.165) is 10.0 Å². The molecule has 0 aliphatic heterocycles. The number of nitrogens with zero attached hydrogens (tertiary/aromatic N) is 1. The second-order valence-electron chi connectivity index (χ2n) is 6.13. The number of hydrazone groups is 1. The quantitative estimate of drug-likeness (QED) is 0.664. The maximum Gasteiger partial charge on any atom is 0.244 e. The van der Waals surface area contributed by atoms with Gasteiger partial charge in [0.05, 0.1) is 6.21 Å². The standard InChI is InChI=1S/C16H19BrN2O/c1-16-8-3-2-7-13(16)14(16)15(20)19-18-10-11-5-4-6-12(17)9-11/h4-6,9-10,13-14H,2-3,7-8H2,1H3,(H,19,20). The van der Waals surface area contributed by atoms with Crippen LogP contribution in [-0.2, 0) is 4.79 Å². The number of amides is 1. The molecule has 2 aliphatic carbocycles. The fourth-order valence-electron chi connectivity index (χ4n) is 3.68. The van der Waals surface area contributed by atoms with E-state index in [-0.39, 0.29) is 17.2 Å². The average molecular weight is 335 g/mol. The van der Waals surface area contributed by atoms with Gasteiger partial charge in [0, 0.05) is 10.4 Å². The van der Waals surface area contributed by atoms with Crippen LogP contribution >= 0.6 is 15.9 Å². The molecular weight excluding hydrogens is 316 g/mol. The monoisotopic (exact) mass is 334 g/mol. The second kappa shape index (κ2) is 5.32. The van der Waals surface area contributed by atoms with E-state index >= 15 is 0 Å².